The van der Waals surface area contributed by atoms with E-state index in [-0.39, 0.29) is 10.8 Å². The quantitative estimate of drug-likeness (QED) is 0.165. The Kier molecular flexibility index (Phi) is 2.52. The third kappa shape index (κ3) is 4.02. The highest BCUT2D eigenvalue weighted by molar-refractivity contribution is 6.27. The van der Waals surface area contributed by atoms with Crippen molar-refractivity contribution in [3.63, 3.8) is 0 Å². The van der Waals surface area contributed by atoms with Crippen molar-refractivity contribution in [3.05, 3.63) is 181 Å². The van der Waals surface area contributed by atoms with Crippen LogP contribution in [-0.4, -0.2) is 0 Å². The zero-order valence-corrected chi connectivity index (χ0v) is 27.4. The number of fused-ring (bicyclic) bond motifs is 5. The van der Waals surface area contributed by atoms with Crippen LogP contribution in [0.15, 0.2) is 186 Å². The van der Waals surface area contributed by atoms with Crippen LogP contribution < -0.4 is 0 Å². The largest absolute Gasteiger partial charge is 0.455 e. The van der Waals surface area contributed by atoms with Gasteiger partial charge in [-0.1, -0.05) is 157 Å². The average molecular weight is 725 g/mol. The van der Waals surface area contributed by atoms with Crippen molar-refractivity contribution in [2.45, 2.75) is 0 Å². The molecule has 1 heterocycles. The van der Waals surface area contributed by atoms with Crippen LogP contribution in [0.5, 0.6) is 0 Å². The van der Waals surface area contributed by atoms with E-state index in [1.54, 1.807) is 0 Å². The predicted molar refractivity (Wildman–Crippen MR) is 235 cm³/mol. The number of rotatable bonds is 3. The van der Waals surface area contributed by atoms with E-state index in [2.05, 4.69) is 0 Å². The van der Waals surface area contributed by atoms with Crippen molar-refractivity contribution in [3.8, 4) is 33.4 Å². The molecule has 0 radical (unpaired) electrons. The third-order valence-electron chi connectivity index (χ3n) is 9.87. The van der Waals surface area contributed by atoms with Gasteiger partial charge in [-0.3, -0.25) is 0 Å². The number of furan rings is 1. The number of hydrogen-bond acceptors (Lipinski definition) is 1. The summed E-state index contributed by atoms with van der Waals surface area (Å²) in [6, 6.07) is -26.4. The van der Waals surface area contributed by atoms with Crippen LogP contribution in [0.25, 0.3) is 131 Å². The first-order valence-corrected chi connectivity index (χ1v) is 16.7. The summed E-state index contributed by atoms with van der Waals surface area (Å²) in [5.74, 6) is 0. The lowest BCUT2D eigenvalue weighted by molar-refractivity contribution is 0.672. The van der Waals surface area contributed by atoms with E-state index >= 15 is 0 Å². The smallest absolute Gasteiger partial charge is 0.143 e. The normalized spacial score (nSPS) is 20.0. The predicted octanol–water partition coefficient (Wildman–Crippen LogP) is 15.5. The summed E-state index contributed by atoms with van der Waals surface area (Å²) in [6.45, 7) is 0. The minimum absolute atomic E-state index is 0.345. The fourth-order valence-electron chi connectivity index (χ4n) is 7.44. The summed E-state index contributed by atoms with van der Waals surface area (Å²) in [5, 5.41) is -7.90. The first kappa shape index (κ1) is 13.0. The molecule has 0 amide bonds. The molecule has 13 aromatic rings. The Hall–Kier alpha value is -7.22. The van der Waals surface area contributed by atoms with Gasteiger partial charge in [0.25, 0.3) is 0 Å². The van der Waals surface area contributed by atoms with E-state index in [4.69, 9.17) is 23.6 Å². The van der Waals surface area contributed by atoms with Crippen molar-refractivity contribution in [2.24, 2.45) is 0 Å². The molecular weight excluding hydrogens is 665 g/mol. The number of hydrogen-bond donors (Lipinski definition) is 0. The molecule has 0 spiro atoms. The SMILES string of the molecule is [2H]c1c([2H])c(-c2c([2H])c([2H])c3oc4c5c([2H])c([2H])c([2H])c([2H])c5c([2H])c([2H])c4c3c2[2H])c(-c2c([2H])c([2H])c3c([2H])c([2H])c4c([2H])c([2H])c([2H])c5c([2H])c([2H])c2c3c45)c([2H])c1-c1c([2H])c([2H])c2c([2H])c([2H])c3c([2H])c([2H])c([2H])c4c([2H])c([2H])c1c2c34. The fraction of sp³-hybridized carbons (Fsp3) is 0. The summed E-state index contributed by atoms with van der Waals surface area (Å²) in [5.41, 5.74) is -6.49. The molecule has 12 aromatic carbocycles. The Morgan fingerprint density at radius 2 is 0.782 bits per heavy atom. The molecule has 0 atom stereocenters. The van der Waals surface area contributed by atoms with Crippen molar-refractivity contribution in [1.82, 2.24) is 0 Å². The standard InChI is InChI=1S/C54H30O/c1-2-10-42-31(5-1)15-27-46-48-30-39(21-28-49(48)55-54(42)46)41-23-20-38(40-22-16-36-13-11-32-6-3-8-34-18-25-44(40)52(36)50(32)34)29-47(41)43-24-17-37-14-12-33-7-4-9-35-19-26-45(43)53(37)51(33)35/h1-30H/i1D,2D,3D,4D,5D,6D,7D,8D,9D,10D,11D,12D,13D,14D,15D,16D,17D,18D,19D,20D,21D,22D,23D,24D,25D,26D,27D,28D,29D,30D. The molecule has 0 unspecified atom stereocenters. The van der Waals surface area contributed by atoms with Gasteiger partial charge in [-0.05, 0) is 128 Å². The van der Waals surface area contributed by atoms with E-state index in [0.29, 0.717) is 0 Å². The van der Waals surface area contributed by atoms with Crippen molar-refractivity contribution < 1.29 is 45.5 Å². The Morgan fingerprint density at radius 1 is 0.291 bits per heavy atom. The Morgan fingerprint density at radius 3 is 1.49 bits per heavy atom. The summed E-state index contributed by atoms with van der Waals surface area (Å²) in [4.78, 5) is 0. The van der Waals surface area contributed by atoms with Gasteiger partial charge >= 0.3 is 0 Å². The fourth-order valence-corrected chi connectivity index (χ4v) is 7.44. The van der Waals surface area contributed by atoms with Crippen LogP contribution in [0, 0.1) is 0 Å². The van der Waals surface area contributed by atoms with Gasteiger partial charge in [-0.15, -0.1) is 0 Å². The van der Waals surface area contributed by atoms with Crippen LogP contribution >= 0.6 is 0 Å². The molecule has 0 bridgehead atoms. The summed E-state index contributed by atoms with van der Waals surface area (Å²) in [6.07, 6.45) is 0. The van der Waals surface area contributed by atoms with E-state index in [9.17, 15) is 21.9 Å². The monoisotopic (exact) mass is 724 g/mol. The summed E-state index contributed by atoms with van der Waals surface area (Å²) >= 11 is 0. The van der Waals surface area contributed by atoms with Gasteiger partial charge in [-0.2, -0.15) is 0 Å². The Labute approximate surface area is 358 Å². The molecule has 0 aliphatic heterocycles. The average Bonchev–Trinajstić information content (AvgIpc) is 0.763. The molecule has 0 fully saturated rings. The lowest BCUT2D eigenvalue weighted by atomic mass is 9.84. The van der Waals surface area contributed by atoms with Gasteiger partial charge < -0.3 is 4.42 Å². The molecule has 252 valence electrons. The van der Waals surface area contributed by atoms with Crippen LogP contribution in [0.4, 0.5) is 0 Å². The van der Waals surface area contributed by atoms with Crippen molar-refractivity contribution >= 4 is 97.3 Å². The summed E-state index contributed by atoms with van der Waals surface area (Å²) in [7, 11) is 0. The van der Waals surface area contributed by atoms with Gasteiger partial charge in [0.2, 0.25) is 0 Å². The van der Waals surface area contributed by atoms with Gasteiger partial charge in [0, 0.05) is 16.2 Å². The Bertz CT molecular complexity index is 5420. The molecule has 1 aromatic heterocycles. The third-order valence-corrected chi connectivity index (χ3v) is 9.87. The Balaban J connectivity index is 1.32. The highest BCUT2D eigenvalue weighted by Gasteiger charge is 2.19. The van der Waals surface area contributed by atoms with Gasteiger partial charge in [0.1, 0.15) is 11.2 Å². The molecule has 0 aliphatic carbocycles. The molecule has 55 heavy (non-hydrogen) atoms. The number of benzene rings is 12. The van der Waals surface area contributed by atoms with E-state index in [1.807, 2.05) is 0 Å². The topological polar surface area (TPSA) is 13.1 Å². The molecule has 0 aliphatic rings. The molecular formula is C54H30O. The maximum absolute atomic E-state index is 10.5. The van der Waals surface area contributed by atoms with Gasteiger partial charge in [0.15, 0.2) is 0 Å². The molecule has 1 heteroatoms. The molecule has 1 nitrogen and oxygen atoms in total. The minimum atomic E-state index is -1.17. The minimum Gasteiger partial charge on any atom is -0.455 e. The molecule has 0 saturated heterocycles. The zero-order valence-electron chi connectivity index (χ0n) is 57.4. The second-order valence-electron chi connectivity index (χ2n) is 12.8. The van der Waals surface area contributed by atoms with Crippen LogP contribution in [-0.2, 0) is 0 Å². The van der Waals surface area contributed by atoms with Gasteiger partial charge in [-0.25, -0.2) is 0 Å². The van der Waals surface area contributed by atoms with Crippen LogP contribution in [0.3, 0.4) is 0 Å². The first-order chi connectivity index (χ1) is 39.8. The van der Waals surface area contributed by atoms with Crippen LogP contribution in [0.1, 0.15) is 41.1 Å². The lowest BCUT2D eigenvalue weighted by Crippen LogP contribution is -1.92. The highest BCUT2D eigenvalue weighted by atomic mass is 16.3. The highest BCUT2D eigenvalue weighted by Crippen LogP contribution is 2.46. The summed E-state index contributed by atoms with van der Waals surface area (Å²) < 4.78 is 284. The molecule has 0 N–H and O–H groups in total. The van der Waals surface area contributed by atoms with Crippen molar-refractivity contribution in [2.75, 3.05) is 0 Å². The molecule has 13 rings (SSSR count). The molecule has 0 saturated carbocycles. The van der Waals surface area contributed by atoms with E-state index in [1.165, 1.54) is 0 Å². The zero-order chi connectivity index (χ0) is 61.9. The first-order valence-electron chi connectivity index (χ1n) is 31.7. The maximum atomic E-state index is 10.5. The second-order valence-corrected chi connectivity index (χ2v) is 12.8. The van der Waals surface area contributed by atoms with Crippen LogP contribution in [0.2, 0.25) is 0 Å². The lowest BCUT2D eigenvalue weighted by Gasteiger charge is -2.19. The van der Waals surface area contributed by atoms with E-state index in [0.717, 1.165) is 0 Å². The second kappa shape index (κ2) is 10.7. The van der Waals surface area contributed by atoms with Crippen molar-refractivity contribution in [1.29, 1.82) is 0 Å². The van der Waals surface area contributed by atoms with Gasteiger partial charge in [0.05, 0.1) is 41.1 Å². The maximum Gasteiger partial charge on any atom is 0.143 e. The van der Waals surface area contributed by atoms with E-state index < -0.39 is 301 Å².